The van der Waals surface area contributed by atoms with E-state index in [1.165, 1.54) is 17.0 Å². The Morgan fingerprint density at radius 2 is 1.45 bits per heavy atom. The molecule has 1 atom stereocenters. The third-order valence-electron chi connectivity index (χ3n) is 4.49. The van der Waals surface area contributed by atoms with E-state index in [4.69, 9.17) is 0 Å². The molecule has 0 aromatic heterocycles. The lowest BCUT2D eigenvalue weighted by Gasteiger charge is -2.16. The molecular weight excluding hydrogens is 404 g/mol. The second-order valence-corrected chi connectivity index (χ2v) is 9.26. The van der Waals surface area contributed by atoms with Crippen LogP contribution in [0.3, 0.4) is 0 Å². The fourth-order valence-corrected chi connectivity index (χ4v) is 5.35. The molecule has 1 aliphatic rings. The molecule has 0 unspecified atom stereocenters. The molecule has 5 nitrogen and oxygen atoms in total. The van der Waals surface area contributed by atoms with Gasteiger partial charge in [0.2, 0.25) is 0 Å². The number of amidine groups is 1. The van der Waals surface area contributed by atoms with Crippen LogP contribution in [0.1, 0.15) is 16.4 Å². The predicted octanol–water partition coefficient (Wildman–Crippen LogP) is 4.56. The van der Waals surface area contributed by atoms with Gasteiger partial charge in [-0.2, -0.15) is 8.42 Å². The van der Waals surface area contributed by atoms with Gasteiger partial charge in [0.05, 0.1) is 10.6 Å². The lowest BCUT2D eigenvalue weighted by Crippen LogP contribution is -2.30. The number of hydrogen-bond acceptors (Lipinski definition) is 4. The van der Waals surface area contributed by atoms with Gasteiger partial charge in [-0.15, -0.1) is 4.40 Å². The second-order valence-electron chi connectivity index (χ2n) is 6.58. The van der Waals surface area contributed by atoms with Crippen molar-refractivity contribution in [3.05, 3.63) is 96.1 Å². The number of sulfonamides is 1. The van der Waals surface area contributed by atoms with E-state index in [-0.39, 0.29) is 16.0 Å². The van der Waals surface area contributed by atoms with Crippen molar-refractivity contribution in [1.29, 1.82) is 0 Å². The SMILES string of the molecule is Cc1ccc(S(=O)(=O)N=C2S[C@H](c3ccccc3)C(=O)N2c2ccccc2)cc1. The van der Waals surface area contributed by atoms with Gasteiger partial charge in [0.25, 0.3) is 15.9 Å². The molecule has 1 amide bonds. The number of anilines is 1. The number of rotatable bonds is 4. The van der Waals surface area contributed by atoms with E-state index in [0.717, 1.165) is 22.9 Å². The minimum absolute atomic E-state index is 0.0971. The Bertz CT molecular complexity index is 1160. The summed E-state index contributed by atoms with van der Waals surface area (Å²) in [6, 6.07) is 24.8. The van der Waals surface area contributed by atoms with Crippen LogP contribution in [0, 0.1) is 6.92 Å². The lowest BCUT2D eigenvalue weighted by molar-refractivity contribution is -0.117. The van der Waals surface area contributed by atoms with Crippen LogP contribution >= 0.6 is 11.8 Å². The summed E-state index contributed by atoms with van der Waals surface area (Å²) >= 11 is 1.15. The van der Waals surface area contributed by atoms with Crippen LogP contribution in [-0.2, 0) is 14.8 Å². The van der Waals surface area contributed by atoms with Crippen LogP contribution in [0.15, 0.2) is 94.2 Å². The highest BCUT2D eigenvalue weighted by Crippen LogP contribution is 2.42. The molecule has 0 aliphatic carbocycles. The van der Waals surface area contributed by atoms with E-state index in [1.807, 2.05) is 43.3 Å². The highest BCUT2D eigenvalue weighted by Gasteiger charge is 2.41. The summed E-state index contributed by atoms with van der Waals surface area (Å²) < 4.78 is 29.8. The first kappa shape index (κ1) is 19.4. The van der Waals surface area contributed by atoms with Gasteiger partial charge in [0.1, 0.15) is 5.25 Å². The van der Waals surface area contributed by atoms with Crippen molar-refractivity contribution in [2.75, 3.05) is 4.90 Å². The lowest BCUT2D eigenvalue weighted by atomic mass is 10.1. The van der Waals surface area contributed by atoms with Crippen molar-refractivity contribution >= 4 is 38.5 Å². The van der Waals surface area contributed by atoms with Crippen LogP contribution in [0.4, 0.5) is 5.69 Å². The number of carbonyl (C=O) groups excluding carboxylic acids is 1. The number of nitrogens with zero attached hydrogens (tertiary/aromatic N) is 2. The topological polar surface area (TPSA) is 66.8 Å². The average molecular weight is 423 g/mol. The predicted molar refractivity (Wildman–Crippen MR) is 117 cm³/mol. The molecule has 146 valence electrons. The minimum atomic E-state index is -3.96. The van der Waals surface area contributed by atoms with Gasteiger partial charge in [0, 0.05) is 0 Å². The van der Waals surface area contributed by atoms with Crippen LogP contribution in [-0.4, -0.2) is 19.5 Å². The third kappa shape index (κ3) is 3.97. The smallest absolute Gasteiger partial charge is 0.272 e. The Hall–Kier alpha value is -2.90. The summed E-state index contributed by atoms with van der Waals surface area (Å²) in [6.45, 7) is 1.88. The minimum Gasteiger partial charge on any atom is -0.272 e. The highest BCUT2D eigenvalue weighted by atomic mass is 32.2. The molecule has 1 saturated heterocycles. The van der Waals surface area contributed by atoms with Crippen molar-refractivity contribution in [3.63, 3.8) is 0 Å². The maximum absolute atomic E-state index is 13.2. The summed E-state index contributed by atoms with van der Waals surface area (Å²) in [4.78, 5) is 14.7. The molecule has 1 fully saturated rings. The van der Waals surface area contributed by atoms with Gasteiger partial charge in [-0.25, -0.2) is 0 Å². The largest absolute Gasteiger partial charge is 0.284 e. The third-order valence-corrected chi connectivity index (χ3v) is 7.08. The molecule has 4 rings (SSSR count). The van der Waals surface area contributed by atoms with Crippen LogP contribution in [0.5, 0.6) is 0 Å². The molecule has 0 radical (unpaired) electrons. The van der Waals surface area contributed by atoms with Crippen molar-refractivity contribution in [3.8, 4) is 0 Å². The molecular formula is C22H18N2O3S2. The number of amides is 1. The second kappa shape index (κ2) is 7.85. The van der Waals surface area contributed by atoms with Gasteiger partial charge < -0.3 is 0 Å². The molecule has 1 heterocycles. The molecule has 3 aromatic carbocycles. The van der Waals surface area contributed by atoms with Gasteiger partial charge in [-0.1, -0.05) is 78.0 Å². The summed E-state index contributed by atoms with van der Waals surface area (Å²) in [7, 11) is -3.96. The van der Waals surface area contributed by atoms with E-state index in [0.29, 0.717) is 5.69 Å². The molecule has 0 saturated carbocycles. The van der Waals surface area contributed by atoms with Crippen molar-refractivity contribution < 1.29 is 13.2 Å². The fraction of sp³-hybridized carbons (Fsp3) is 0.0909. The van der Waals surface area contributed by atoms with E-state index in [2.05, 4.69) is 4.40 Å². The van der Waals surface area contributed by atoms with E-state index >= 15 is 0 Å². The molecule has 7 heteroatoms. The maximum Gasteiger partial charge on any atom is 0.284 e. The first-order chi connectivity index (χ1) is 14.0. The van der Waals surface area contributed by atoms with E-state index in [9.17, 15) is 13.2 Å². The number of para-hydroxylation sites is 1. The number of thioether (sulfide) groups is 1. The normalized spacial score (nSPS) is 18.4. The first-order valence-electron chi connectivity index (χ1n) is 8.98. The van der Waals surface area contributed by atoms with Gasteiger partial charge in [0.15, 0.2) is 5.17 Å². The quantitative estimate of drug-likeness (QED) is 0.618. The standard InChI is InChI=1S/C22H18N2O3S2/c1-16-12-14-19(15-13-16)29(26,27)23-22-24(18-10-6-3-7-11-18)21(25)20(28-22)17-8-4-2-5-9-17/h2-15,20H,1H3/t20-/m1/s1. The van der Waals surface area contributed by atoms with E-state index < -0.39 is 15.3 Å². The van der Waals surface area contributed by atoms with Crippen LogP contribution in [0.25, 0.3) is 0 Å². The molecule has 0 N–H and O–H groups in total. The zero-order valence-electron chi connectivity index (χ0n) is 15.6. The Morgan fingerprint density at radius 1 is 0.862 bits per heavy atom. The fourth-order valence-electron chi connectivity index (χ4n) is 3.00. The highest BCUT2D eigenvalue weighted by molar-refractivity contribution is 8.16. The van der Waals surface area contributed by atoms with Crippen LogP contribution < -0.4 is 4.90 Å². The Balaban J connectivity index is 1.79. The van der Waals surface area contributed by atoms with Gasteiger partial charge in [-0.05, 0) is 36.8 Å². The number of aryl methyl sites for hydroxylation is 1. The molecule has 0 bridgehead atoms. The number of carbonyl (C=O) groups is 1. The van der Waals surface area contributed by atoms with Crippen molar-refractivity contribution in [1.82, 2.24) is 0 Å². The Morgan fingerprint density at radius 3 is 2.07 bits per heavy atom. The maximum atomic E-state index is 13.2. The van der Waals surface area contributed by atoms with Crippen molar-refractivity contribution in [2.45, 2.75) is 17.1 Å². The molecule has 3 aromatic rings. The van der Waals surface area contributed by atoms with Crippen molar-refractivity contribution in [2.24, 2.45) is 4.40 Å². The van der Waals surface area contributed by atoms with Crippen LogP contribution in [0.2, 0.25) is 0 Å². The molecule has 29 heavy (non-hydrogen) atoms. The molecule has 0 spiro atoms. The Labute approximate surface area is 174 Å². The number of benzene rings is 3. The zero-order valence-corrected chi connectivity index (χ0v) is 17.2. The number of hydrogen-bond donors (Lipinski definition) is 0. The summed E-state index contributed by atoms with van der Waals surface area (Å²) in [6.07, 6.45) is 0. The summed E-state index contributed by atoms with van der Waals surface area (Å²) in [5.74, 6) is -0.217. The summed E-state index contributed by atoms with van der Waals surface area (Å²) in [5.41, 5.74) is 2.35. The average Bonchev–Trinajstić information content (AvgIpc) is 3.05. The zero-order chi connectivity index (χ0) is 20.4. The molecule has 1 aliphatic heterocycles. The Kier molecular flexibility index (Phi) is 5.25. The van der Waals surface area contributed by atoms with Gasteiger partial charge in [-0.3, -0.25) is 9.69 Å². The van der Waals surface area contributed by atoms with Gasteiger partial charge >= 0.3 is 0 Å². The monoisotopic (exact) mass is 422 g/mol. The van der Waals surface area contributed by atoms with E-state index in [1.54, 1.807) is 36.4 Å². The summed E-state index contributed by atoms with van der Waals surface area (Å²) in [5, 5.41) is -0.404. The first-order valence-corrected chi connectivity index (χ1v) is 11.3.